The molecule has 4 aromatic rings. The number of carbonyl (C=O) groups is 3. The van der Waals surface area contributed by atoms with Crippen LogP contribution in [0.15, 0.2) is 78.9 Å². The van der Waals surface area contributed by atoms with Crippen LogP contribution in [0.3, 0.4) is 0 Å². The second-order valence-electron chi connectivity index (χ2n) is 8.86. The van der Waals surface area contributed by atoms with E-state index in [-0.39, 0.29) is 17.6 Å². The summed E-state index contributed by atoms with van der Waals surface area (Å²) in [6, 6.07) is 23.6. The van der Waals surface area contributed by atoms with Crippen molar-refractivity contribution in [3.8, 4) is 17.0 Å². The maximum absolute atomic E-state index is 12.8. The van der Waals surface area contributed by atoms with Gasteiger partial charge in [0.15, 0.2) is 5.78 Å². The third-order valence-electron chi connectivity index (χ3n) is 6.34. The molecule has 0 spiro atoms. The molecule has 0 unspecified atom stereocenters. The van der Waals surface area contributed by atoms with Gasteiger partial charge in [0.25, 0.3) is 5.91 Å². The number of benzene rings is 3. The highest BCUT2D eigenvalue weighted by Crippen LogP contribution is 2.30. The number of carbonyl (C=O) groups excluding carboxylic acids is 3. The Balaban J connectivity index is 1.31. The standard InChI is InChI=1S/C29H26N4O4/c1-19(34)23-4-3-5-24(16-23)30-29(36)22-8-6-20(7-9-22)18-32-27-17-26(31-33(27)15-14-28(32)35)21-10-12-25(37-2)13-11-21/h3-13,16-17H,14-15,18H2,1-2H3,(H,30,36). The summed E-state index contributed by atoms with van der Waals surface area (Å²) in [7, 11) is 1.63. The van der Waals surface area contributed by atoms with Gasteiger partial charge in [-0.3, -0.25) is 19.3 Å². The van der Waals surface area contributed by atoms with Gasteiger partial charge in [-0.1, -0.05) is 24.3 Å². The number of aromatic nitrogens is 2. The molecular formula is C29H26N4O4. The summed E-state index contributed by atoms with van der Waals surface area (Å²) in [4.78, 5) is 38.9. The molecule has 1 aromatic heterocycles. The van der Waals surface area contributed by atoms with Crippen LogP contribution in [0, 0.1) is 0 Å². The van der Waals surface area contributed by atoms with Crippen LogP contribution in [-0.4, -0.2) is 34.5 Å². The van der Waals surface area contributed by atoms with Crippen LogP contribution in [0.25, 0.3) is 11.3 Å². The number of hydrogen-bond acceptors (Lipinski definition) is 5. The highest BCUT2D eigenvalue weighted by molar-refractivity contribution is 6.05. The average Bonchev–Trinajstić information content (AvgIpc) is 3.35. The lowest BCUT2D eigenvalue weighted by Gasteiger charge is -2.27. The molecule has 0 bridgehead atoms. The van der Waals surface area contributed by atoms with E-state index in [1.54, 1.807) is 48.4 Å². The van der Waals surface area contributed by atoms with Crippen LogP contribution in [-0.2, 0) is 17.9 Å². The molecule has 0 saturated carbocycles. The molecule has 2 amide bonds. The zero-order valence-electron chi connectivity index (χ0n) is 20.6. The van der Waals surface area contributed by atoms with Crippen molar-refractivity contribution in [3.05, 3.63) is 95.6 Å². The Hall–Kier alpha value is -4.72. The van der Waals surface area contributed by atoms with Crippen LogP contribution >= 0.6 is 0 Å². The summed E-state index contributed by atoms with van der Waals surface area (Å²) >= 11 is 0. The number of anilines is 2. The van der Waals surface area contributed by atoms with Gasteiger partial charge in [-0.2, -0.15) is 5.10 Å². The molecule has 2 heterocycles. The summed E-state index contributed by atoms with van der Waals surface area (Å²) in [5.74, 6) is 1.20. The van der Waals surface area contributed by atoms with Crippen LogP contribution in [0.4, 0.5) is 11.5 Å². The lowest BCUT2D eigenvalue weighted by Crippen LogP contribution is -2.36. The van der Waals surface area contributed by atoms with Crippen LogP contribution in [0.1, 0.15) is 39.6 Å². The molecule has 37 heavy (non-hydrogen) atoms. The lowest BCUT2D eigenvalue weighted by molar-refractivity contribution is -0.119. The molecule has 0 aliphatic carbocycles. The number of nitrogens with zero attached hydrogens (tertiary/aromatic N) is 3. The molecule has 1 N–H and O–H groups in total. The number of amides is 2. The predicted molar refractivity (Wildman–Crippen MR) is 141 cm³/mol. The maximum Gasteiger partial charge on any atom is 0.255 e. The van der Waals surface area contributed by atoms with E-state index < -0.39 is 0 Å². The third-order valence-corrected chi connectivity index (χ3v) is 6.34. The molecule has 0 fully saturated rings. The molecule has 1 aliphatic rings. The van der Waals surface area contributed by atoms with Crippen molar-refractivity contribution in [2.45, 2.75) is 26.4 Å². The zero-order chi connectivity index (χ0) is 25.9. The molecule has 8 heteroatoms. The monoisotopic (exact) mass is 494 g/mol. The number of methoxy groups -OCH3 is 1. The van der Waals surface area contributed by atoms with E-state index in [1.165, 1.54) is 6.92 Å². The Labute approximate surface area is 214 Å². The fraction of sp³-hybridized carbons (Fsp3) is 0.172. The number of aryl methyl sites for hydroxylation is 1. The van der Waals surface area contributed by atoms with Crippen molar-refractivity contribution >= 4 is 29.1 Å². The van der Waals surface area contributed by atoms with E-state index in [4.69, 9.17) is 9.84 Å². The molecule has 0 saturated heterocycles. The van der Waals surface area contributed by atoms with Crippen molar-refractivity contribution in [1.29, 1.82) is 0 Å². The second-order valence-corrected chi connectivity index (χ2v) is 8.86. The van der Waals surface area contributed by atoms with Gasteiger partial charge < -0.3 is 10.1 Å². The van der Waals surface area contributed by atoms with E-state index >= 15 is 0 Å². The number of Topliss-reactive ketones (excluding diaryl/α,β-unsaturated/α-hetero) is 1. The number of ketones is 1. The summed E-state index contributed by atoms with van der Waals surface area (Å²) in [6.07, 6.45) is 0.372. The number of rotatable bonds is 7. The first kappa shape index (κ1) is 24.0. The molecule has 5 rings (SSSR count). The van der Waals surface area contributed by atoms with Gasteiger partial charge in [-0.15, -0.1) is 0 Å². The van der Waals surface area contributed by atoms with Crippen molar-refractivity contribution in [2.24, 2.45) is 0 Å². The highest BCUT2D eigenvalue weighted by atomic mass is 16.5. The fourth-order valence-electron chi connectivity index (χ4n) is 4.29. The Morgan fingerprint density at radius 1 is 0.973 bits per heavy atom. The summed E-state index contributed by atoms with van der Waals surface area (Å²) in [5.41, 5.74) is 4.20. The Bertz CT molecular complexity index is 1470. The topological polar surface area (TPSA) is 93.5 Å². The van der Waals surface area contributed by atoms with Gasteiger partial charge >= 0.3 is 0 Å². The Kier molecular flexibility index (Phi) is 6.55. The lowest BCUT2D eigenvalue weighted by atomic mass is 10.1. The third kappa shape index (κ3) is 5.13. The number of ether oxygens (including phenoxy) is 1. The number of hydrogen-bond donors (Lipinski definition) is 1. The van der Waals surface area contributed by atoms with Crippen molar-refractivity contribution in [3.63, 3.8) is 0 Å². The smallest absolute Gasteiger partial charge is 0.255 e. The molecule has 8 nitrogen and oxygen atoms in total. The summed E-state index contributed by atoms with van der Waals surface area (Å²) in [5, 5.41) is 7.53. The van der Waals surface area contributed by atoms with E-state index in [0.29, 0.717) is 36.3 Å². The number of nitrogens with one attached hydrogen (secondary N) is 1. The van der Waals surface area contributed by atoms with Crippen molar-refractivity contribution in [1.82, 2.24) is 9.78 Å². The van der Waals surface area contributed by atoms with Gasteiger partial charge in [0, 0.05) is 34.9 Å². The molecule has 0 radical (unpaired) electrons. The first-order valence-corrected chi connectivity index (χ1v) is 12.0. The van der Waals surface area contributed by atoms with E-state index in [0.717, 1.165) is 28.4 Å². The predicted octanol–water partition coefficient (Wildman–Crippen LogP) is 4.95. The fourth-order valence-corrected chi connectivity index (χ4v) is 4.29. The first-order valence-electron chi connectivity index (χ1n) is 12.0. The van der Waals surface area contributed by atoms with E-state index in [9.17, 15) is 14.4 Å². The molecule has 1 aliphatic heterocycles. The first-order chi connectivity index (χ1) is 17.9. The summed E-state index contributed by atoms with van der Waals surface area (Å²) < 4.78 is 7.09. The van der Waals surface area contributed by atoms with Crippen molar-refractivity contribution in [2.75, 3.05) is 17.3 Å². The molecule has 186 valence electrons. The van der Waals surface area contributed by atoms with Crippen LogP contribution in [0.5, 0.6) is 5.75 Å². The van der Waals surface area contributed by atoms with Gasteiger partial charge in [-0.05, 0) is 61.0 Å². The van der Waals surface area contributed by atoms with Crippen LogP contribution < -0.4 is 15.0 Å². The van der Waals surface area contributed by atoms with Gasteiger partial charge in [0.1, 0.15) is 11.6 Å². The molecule has 3 aromatic carbocycles. The minimum atomic E-state index is -0.275. The molecular weight excluding hydrogens is 468 g/mol. The normalized spacial score (nSPS) is 12.7. The SMILES string of the molecule is COc1ccc(-c2cc3n(n2)CCC(=O)N3Cc2ccc(C(=O)Nc3cccc(C(C)=O)c3)cc2)cc1. The van der Waals surface area contributed by atoms with E-state index in [2.05, 4.69) is 5.32 Å². The van der Waals surface area contributed by atoms with Gasteiger partial charge in [-0.25, -0.2) is 4.68 Å². The minimum absolute atomic E-state index is 0.0286. The Morgan fingerprint density at radius 3 is 2.43 bits per heavy atom. The van der Waals surface area contributed by atoms with E-state index in [1.807, 2.05) is 47.1 Å². The van der Waals surface area contributed by atoms with Crippen LogP contribution in [0.2, 0.25) is 0 Å². The maximum atomic E-state index is 12.8. The zero-order valence-corrected chi connectivity index (χ0v) is 20.6. The van der Waals surface area contributed by atoms with Crippen molar-refractivity contribution < 1.29 is 19.1 Å². The quantitative estimate of drug-likeness (QED) is 0.367. The number of fused-ring (bicyclic) bond motifs is 1. The van der Waals surface area contributed by atoms with Gasteiger partial charge in [0.05, 0.1) is 25.9 Å². The minimum Gasteiger partial charge on any atom is -0.497 e. The largest absolute Gasteiger partial charge is 0.497 e. The highest BCUT2D eigenvalue weighted by Gasteiger charge is 2.26. The summed E-state index contributed by atoms with van der Waals surface area (Å²) in [6.45, 7) is 2.39. The van der Waals surface area contributed by atoms with Gasteiger partial charge in [0.2, 0.25) is 5.91 Å². The second kappa shape index (κ2) is 10.1. The Morgan fingerprint density at radius 2 is 1.73 bits per heavy atom. The average molecular weight is 495 g/mol. The molecule has 0 atom stereocenters.